The molecule has 0 unspecified atom stereocenters. The van der Waals surface area contributed by atoms with Gasteiger partial charge in [0.15, 0.2) is 0 Å². The van der Waals surface area contributed by atoms with Crippen LogP contribution in [0.15, 0.2) is 65.1 Å². The first-order valence-corrected chi connectivity index (χ1v) is 7.15. The van der Waals surface area contributed by atoms with Crippen LogP contribution in [0.25, 0.3) is 17.5 Å². The predicted molar refractivity (Wildman–Crippen MR) is 88.6 cm³/mol. The van der Waals surface area contributed by atoms with Crippen molar-refractivity contribution in [1.29, 1.82) is 0 Å². The van der Waals surface area contributed by atoms with Gasteiger partial charge in [-0.25, -0.2) is 0 Å². The molecule has 5 nitrogen and oxygen atoms in total. The van der Waals surface area contributed by atoms with Gasteiger partial charge in [0.05, 0.1) is 0 Å². The van der Waals surface area contributed by atoms with Crippen LogP contribution in [0.3, 0.4) is 0 Å². The van der Waals surface area contributed by atoms with E-state index in [4.69, 9.17) is 4.42 Å². The summed E-state index contributed by atoms with van der Waals surface area (Å²) >= 11 is 0. The molecule has 0 aliphatic rings. The van der Waals surface area contributed by atoms with Crippen molar-refractivity contribution in [2.75, 3.05) is 5.32 Å². The molecule has 1 aromatic heterocycles. The van der Waals surface area contributed by atoms with Crippen LogP contribution in [-0.2, 0) is 4.79 Å². The minimum Gasteiger partial charge on any atom is -0.403 e. The van der Waals surface area contributed by atoms with Crippen LogP contribution < -0.4 is 5.32 Å². The number of carbonyl (C=O) groups is 1. The Bertz CT molecular complexity index is 821. The van der Waals surface area contributed by atoms with Crippen molar-refractivity contribution in [3.05, 3.63) is 71.8 Å². The number of nitrogens with one attached hydrogen (secondary N) is 1. The summed E-state index contributed by atoms with van der Waals surface area (Å²) in [5, 5.41) is 10.3. The first kappa shape index (κ1) is 14.7. The topological polar surface area (TPSA) is 68.0 Å². The lowest BCUT2D eigenvalue weighted by Crippen LogP contribution is -2.07. The van der Waals surface area contributed by atoms with Crippen LogP contribution >= 0.6 is 0 Å². The van der Waals surface area contributed by atoms with Gasteiger partial charge >= 0.3 is 6.01 Å². The minimum atomic E-state index is -0.326. The van der Waals surface area contributed by atoms with Crippen molar-refractivity contribution in [3.8, 4) is 11.5 Å². The number of aromatic nitrogens is 2. The zero-order valence-electron chi connectivity index (χ0n) is 12.6. The highest BCUT2D eigenvalue weighted by Gasteiger charge is 2.09. The molecule has 0 saturated carbocycles. The van der Waals surface area contributed by atoms with Crippen molar-refractivity contribution in [3.63, 3.8) is 0 Å². The van der Waals surface area contributed by atoms with Crippen LogP contribution in [-0.4, -0.2) is 16.1 Å². The Morgan fingerprint density at radius 1 is 1.04 bits per heavy atom. The number of amides is 1. The maximum absolute atomic E-state index is 11.9. The summed E-state index contributed by atoms with van der Waals surface area (Å²) in [4.78, 5) is 11.9. The molecule has 0 aliphatic heterocycles. The van der Waals surface area contributed by atoms with E-state index in [0.29, 0.717) is 5.89 Å². The van der Waals surface area contributed by atoms with Gasteiger partial charge in [-0.05, 0) is 30.7 Å². The predicted octanol–water partition coefficient (Wildman–Crippen LogP) is 3.70. The van der Waals surface area contributed by atoms with Crippen LogP contribution in [0.1, 0.15) is 11.1 Å². The van der Waals surface area contributed by atoms with Crippen molar-refractivity contribution in [1.82, 2.24) is 10.2 Å². The molecule has 114 valence electrons. The van der Waals surface area contributed by atoms with E-state index in [1.54, 1.807) is 6.08 Å². The summed E-state index contributed by atoms with van der Waals surface area (Å²) in [5.41, 5.74) is 2.89. The zero-order chi connectivity index (χ0) is 16.1. The van der Waals surface area contributed by atoms with Gasteiger partial charge in [0.1, 0.15) is 0 Å². The molecule has 0 fully saturated rings. The van der Waals surface area contributed by atoms with Crippen LogP contribution in [0, 0.1) is 6.92 Å². The molecule has 23 heavy (non-hydrogen) atoms. The lowest BCUT2D eigenvalue weighted by molar-refractivity contribution is -0.112. The lowest BCUT2D eigenvalue weighted by Gasteiger charge is -1.96. The van der Waals surface area contributed by atoms with Gasteiger partial charge in [-0.15, -0.1) is 5.10 Å². The van der Waals surface area contributed by atoms with E-state index in [9.17, 15) is 4.79 Å². The fourth-order valence-electron chi connectivity index (χ4n) is 1.97. The van der Waals surface area contributed by atoms with E-state index in [2.05, 4.69) is 15.5 Å². The number of carbonyl (C=O) groups excluding carboxylic acids is 1. The van der Waals surface area contributed by atoms with E-state index in [1.165, 1.54) is 6.08 Å². The Hall–Kier alpha value is -3.21. The third-order valence-electron chi connectivity index (χ3n) is 3.18. The fraction of sp³-hybridized carbons (Fsp3) is 0.0556. The molecule has 1 amide bonds. The molecule has 0 spiro atoms. The van der Waals surface area contributed by atoms with Gasteiger partial charge < -0.3 is 4.42 Å². The number of benzene rings is 2. The van der Waals surface area contributed by atoms with Crippen LogP contribution in [0.4, 0.5) is 6.01 Å². The highest BCUT2D eigenvalue weighted by atomic mass is 16.4. The summed E-state index contributed by atoms with van der Waals surface area (Å²) in [6, 6.07) is 17.3. The molecular weight excluding hydrogens is 290 g/mol. The minimum absolute atomic E-state index is 0.0725. The number of anilines is 1. The first-order chi connectivity index (χ1) is 11.2. The van der Waals surface area contributed by atoms with E-state index < -0.39 is 0 Å². The van der Waals surface area contributed by atoms with Crippen molar-refractivity contribution in [2.45, 2.75) is 6.92 Å². The molecule has 3 aromatic rings. The molecule has 3 rings (SSSR count). The Labute approximate surface area is 133 Å². The quantitative estimate of drug-likeness (QED) is 0.746. The molecule has 1 heterocycles. The largest absolute Gasteiger partial charge is 0.403 e. The number of rotatable bonds is 4. The van der Waals surface area contributed by atoms with Crippen molar-refractivity contribution < 1.29 is 9.21 Å². The summed E-state index contributed by atoms with van der Waals surface area (Å²) in [7, 11) is 0. The second kappa shape index (κ2) is 6.70. The van der Waals surface area contributed by atoms with Crippen LogP contribution in [0.2, 0.25) is 0 Å². The maximum atomic E-state index is 11.9. The molecular formula is C18H15N3O2. The summed E-state index contributed by atoms with van der Waals surface area (Å²) in [6.07, 6.45) is 3.14. The van der Waals surface area contributed by atoms with Gasteiger partial charge in [0, 0.05) is 11.6 Å². The molecule has 0 radical (unpaired) electrons. The number of hydrogen-bond acceptors (Lipinski definition) is 4. The van der Waals surface area contributed by atoms with Gasteiger partial charge in [0.2, 0.25) is 5.89 Å². The monoisotopic (exact) mass is 305 g/mol. The van der Waals surface area contributed by atoms with E-state index in [1.807, 2.05) is 61.5 Å². The van der Waals surface area contributed by atoms with E-state index in [0.717, 1.165) is 16.7 Å². The third kappa shape index (κ3) is 3.91. The Morgan fingerprint density at radius 3 is 2.52 bits per heavy atom. The second-order valence-electron chi connectivity index (χ2n) is 5.01. The van der Waals surface area contributed by atoms with E-state index >= 15 is 0 Å². The standard InChI is InChI=1S/C18H15N3O2/c1-13-7-10-15(11-8-13)17-20-21-18(23-17)19-16(22)12-9-14-5-3-2-4-6-14/h2-12H,1H3,(H,19,21,22)/b12-9+. The third-order valence-corrected chi connectivity index (χ3v) is 3.18. The van der Waals surface area contributed by atoms with Crippen molar-refractivity contribution in [2.24, 2.45) is 0 Å². The van der Waals surface area contributed by atoms with Gasteiger partial charge in [-0.2, -0.15) is 0 Å². The first-order valence-electron chi connectivity index (χ1n) is 7.15. The number of hydrogen-bond donors (Lipinski definition) is 1. The summed E-state index contributed by atoms with van der Waals surface area (Å²) in [5.74, 6) is 0.0419. The maximum Gasteiger partial charge on any atom is 0.322 e. The SMILES string of the molecule is Cc1ccc(-c2nnc(NC(=O)/C=C/c3ccccc3)o2)cc1. The molecule has 1 N–H and O–H groups in total. The molecule has 5 heteroatoms. The summed E-state index contributed by atoms with van der Waals surface area (Å²) in [6.45, 7) is 2.00. The summed E-state index contributed by atoms with van der Waals surface area (Å²) < 4.78 is 5.44. The highest BCUT2D eigenvalue weighted by Crippen LogP contribution is 2.20. The van der Waals surface area contributed by atoms with Crippen molar-refractivity contribution >= 4 is 18.0 Å². The second-order valence-corrected chi connectivity index (χ2v) is 5.01. The van der Waals surface area contributed by atoms with E-state index in [-0.39, 0.29) is 11.9 Å². The van der Waals surface area contributed by atoms with Crippen LogP contribution in [0.5, 0.6) is 0 Å². The molecule has 0 atom stereocenters. The Morgan fingerprint density at radius 2 is 1.78 bits per heavy atom. The Kier molecular flexibility index (Phi) is 4.29. The molecule has 0 saturated heterocycles. The molecule has 0 aliphatic carbocycles. The molecule has 0 bridgehead atoms. The number of nitrogens with zero attached hydrogens (tertiary/aromatic N) is 2. The lowest BCUT2D eigenvalue weighted by atomic mass is 10.1. The fourth-order valence-corrected chi connectivity index (χ4v) is 1.97. The van der Waals surface area contributed by atoms with Gasteiger partial charge in [0.25, 0.3) is 5.91 Å². The van der Waals surface area contributed by atoms with Gasteiger partial charge in [-0.3, -0.25) is 10.1 Å². The van der Waals surface area contributed by atoms with Gasteiger partial charge in [-0.1, -0.05) is 53.1 Å². The Balaban J connectivity index is 1.66. The molecule has 2 aromatic carbocycles. The zero-order valence-corrected chi connectivity index (χ0v) is 12.6. The average Bonchev–Trinajstić information content (AvgIpc) is 3.03. The smallest absolute Gasteiger partial charge is 0.322 e. The highest BCUT2D eigenvalue weighted by molar-refractivity contribution is 6.00. The average molecular weight is 305 g/mol. The normalized spacial score (nSPS) is 10.8. The number of aryl methyl sites for hydroxylation is 1.